The molecule has 0 aliphatic heterocycles. The molecule has 2 saturated carbocycles. The summed E-state index contributed by atoms with van der Waals surface area (Å²) >= 11 is 2.99. The van der Waals surface area contributed by atoms with Crippen molar-refractivity contribution in [3.05, 3.63) is 121 Å². The Bertz CT molecular complexity index is 2020. The van der Waals surface area contributed by atoms with Crippen LogP contribution in [0.1, 0.15) is 134 Å². The fourth-order valence-corrected chi connectivity index (χ4v) is 19.5. The van der Waals surface area contributed by atoms with Crippen LogP contribution in [0, 0.1) is 11.8 Å². The second kappa shape index (κ2) is 26.3. The van der Waals surface area contributed by atoms with E-state index in [2.05, 4.69) is 179 Å². The molecule has 4 atom stereocenters. The topological polar surface area (TPSA) is 101 Å². The molecular weight excluding hydrogens is 961 g/mol. The summed E-state index contributed by atoms with van der Waals surface area (Å²) in [7, 11) is -5.02. The van der Waals surface area contributed by atoms with E-state index in [4.69, 9.17) is 23.1 Å². The summed E-state index contributed by atoms with van der Waals surface area (Å²) in [4.78, 5) is 22.6. The maximum atomic E-state index is 12.0. The second-order valence-corrected chi connectivity index (χ2v) is 31.9. The predicted molar refractivity (Wildman–Crippen MR) is 292 cm³/mol. The second-order valence-electron chi connectivity index (χ2n) is 22.9. The SMILES string of the molecule is CC(C)(C)OC(=O)CBr.CC(C)(C)OC(=O)COCC1CCCC(O[Si](c2ccccc2)(c2ccccc2)C(C)(C)C)C1.CC(C)(C)[Si](OC1CCCC(CO)C1)(c1ccccc1)c1ccccc1. The van der Waals surface area contributed by atoms with E-state index in [1.54, 1.807) is 0 Å². The number of carbonyl (C=O) groups is 2. The first-order chi connectivity index (χ1) is 32.4. The molecule has 0 aromatic heterocycles. The van der Waals surface area contributed by atoms with Crippen LogP contribution in [0.15, 0.2) is 121 Å². The molecule has 0 heterocycles. The number of ether oxygens (including phenoxy) is 3. The van der Waals surface area contributed by atoms with Crippen LogP contribution in [0.4, 0.5) is 0 Å². The van der Waals surface area contributed by atoms with Crippen LogP contribution >= 0.6 is 15.9 Å². The van der Waals surface area contributed by atoms with Crippen molar-refractivity contribution in [2.75, 3.05) is 25.2 Å². The van der Waals surface area contributed by atoms with E-state index in [-0.39, 0.29) is 58.4 Å². The van der Waals surface area contributed by atoms with Gasteiger partial charge in [0.2, 0.25) is 0 Å². The summed E-state index contributed by atoms with van der Waals surface area (Å²) in [5.41, 5.74) is -0.842. The van der Waals surface area contributed by atoms with E-state index in [1.165, 1.54) is 20.7 Å². The predicted octanol–water partition coefficient (Wildman–Crippen LogP) is 11.3. The summed E-state index contributed by atoms with van der Waals surface area (Å²) in [5.74, 6) is 0.247. The number of carbonyl (C=O) groups excluding carboxylic acids is 2. The highest BCUT2D eigenvalue weighted by Crippen LogP contribution is 2.41. The molecule has 8 nitrogen and oxygen atoms in total. The van der Waals surface area contributed by atoms with Crippen LogP contribution in [0.2, 0.25) is 10.1 Å². The number of halogens is 1. The van der Waals surface area contributed by atoms with E-state index >= 15 is 0 Å². The minimum Gasteiger partial charge on any atom is -0.459 e. The molecule has 1 N–H and O–H groups in total. The van der Waals surface area contributed by atoms with Crippen molar-refractivity contribution >= 4 is 65.3 Å². The fourth-order valence-electron chi connectivity index (χ4n) is 9.95. The largest absolute Gasteiger partial charge is 0.459 e. The zero-order chi connectivity index (χ0) is 50.9. The number of aliphatic hydroxyl groups is 1. The van der Waals surface area contributed by atoms with Crippen LogP contribution in [-0.4, -0.2) is 82.2 Å². The lowest BCUT2D eigenvalue weighted by Crippen LogP contribution is -2.68. The Balaban J connectivity index is 0.000000261. The van der Waals surface area contributed by atoms with Gasteiger partial charge in [0.25, 0.3) is 16.6 Å². The van der Waals surface area contributed by atoms with Crippen LogP contribution < -0.4 is 20.7 Å². The number of hydrogen-bond acceptors (Lipinski definition) is 8. The molecule has 4 unspecified atom stereocenters. The van der Waals surface area contributed by atoms with Gasteiger partial charge in [0.1, 0.15) is 23.1 Å². The molecule has 2 fully saturated rings. The minimum atomic E-state index is -2.56. The van der Waals surface area contributed by atoms with Gasteiger partial charge in [0, 0.05) is 18.8 Å². The van der Waals surface area contributed by atoms with E-state index < -0.39 is 22.2 Å². The van der Waals surface area contributed by atoms with E-state index in [0.717, 1.165) is 51.4 Å². The van der Waals surface area contributed by atoms with Crippen molar-refractivity contribution in [1.82, 2.24) is 0 Å². The Hall–Kier alpha value is -3.43. The fraction of sp³-hybridized carbons (Fsp3) is 0.552. The number of alkyl halides is 1. The molecule has 11 heteroatoms. The first-order valence-corrected chi connectivity index (χ1v) is 30.1. The number of benzene rings is 4. The zero-order valence-corrected chi connectivity index (χ0v) is 47.6. The average Bonchev–Trinajstić information content (AvgIpc) is 3.30. The van der Waals surface area contributed by atoms with Gasteiger partial charge in [-0.05, 0) is 123 Å². The Morgan fingerprint density at radius 2 is 0.855 bits per heavy atom. The maximum absolute atomic E-state index is 12.0. The van der Waals surface area contributed by atoms with Crippen molar-refractivity contribution in [1.29, 1.82) is 0 Å². The Morgan fingerprint density at radius 1 is 0.522 bits per heavy atom. The first kappa shape index (κ1) is 58.1. The van der Waals surface area contributed by atoms with Gasteiger partial charge in [-0.15, -0.1) is 0 Å². The molecule has 2 aliphatic carbocycles. The molecule has 4 aromatic carbocycles. The number of rotatable bonds is 14. The minimum absolute atomic E-state index is 0.00794. The van der Waals surface area contributed by atoms with Gasteiger partial charge in [-0.2, -0.15) is 0 Å². The van der Waals surface area contributed by atoms with Crippen LogP contribution in [0.3, 0.4) is 0 Å². The van der Waals surface area contributed by atoms with Crippen molar-refractivity contribution in [2.45, 2.75) is 168 Å². The molecule has 69 heavy (non-hydrogen) atoms. The summed E-state index contributed by atoms with van der Waals surface area (Å²) in [6.07, 6.45) is 8.99. The van der Waals surface area contributed by atoms with E-state index in [1.807, 2.05) is 41.5 Å². The smallest absolute Gasteiger partial charge is 0.332 e. The average molecular weight is 1050 g/mol. The standard InChI is InChI=1S/C29H42O4Si.C23H32O2Si.C6H11BrO2/c1-28(2,3)32-27(30)22-31-21-23-14-13-15-24(20-23)33-34(29(4,5)6,25-16-9-7-10-17-25)26-18-11-8-12-19-26;1-23(2,3)26(21-13-6-4-7-14-21,22-15-8-5-9-16-22)25-20-12-10-11-19(17-20)18-24;1-6(2,3)9-5(8)4-7/h7-12,16-19,23-24H,13-15,20-22H2,1-6H3;4-9,13-16,19-20,24H,10-12,17-18H2,1-3H3;4H2,1-3H3. The lowest BCUT2D eigenvalue weighted by Gasteiger charge is -2.46. The summed E-state index contributed by atoms with van der Waals surface area (Å²) in [6.45, 7) is 25.9. The molecule has 380 valence electrons. The molecular formula is C58H85BrO8Si2. The third-order valence-electron chi connectivity index (χ3n) is 12.8. The summed E-state index contributed by atoms with van der Waals surface area (Å²) in [6, 6.07) is 43.3. The normalized spacial score (nSPS) is 19.2. The van der Waals surface area contributed by atoms with Crippen LogP contribution in [0.5, 0.6) is 0 Å². The highest BCUT2D eigenvalue weighted by molar-refractivity contribution is 9.09. The first-order valence-electron chi connectivity index (χ1n) is 25.2. The lowest BCUT2D eigenvalue weighted by molar-refractivity contribution is -0.161. The summed E-state index contributed by atoms with van der Waals surface area (Å²) < 4.78 is 30.6. The van der Waals surface area contributed by atoms with Gasteiger partial charge in [-0.1, -0.05) is 192 Å². The van der Waals surface area contributed by atoms with Crippen molar-refractivity contribution in [2.24, 2.45) is 11.8 Å². The lowest BCUT2D eigenvalue weighted by atomic mass is 9.88. The molecule has 0 saturated heterocycles. The van der Waals surface area contributed by atoms with Crippen LogP contribution in [0.25, 0.3) is 0 Å². The van der Waals surface area contributed by atoms with Gasteiger partial charge in [0.05, 0.1) is 6.61 Å². The van der Waals surface area contributed by atoms with Gasteiger partial charge in [0.15, 0.2) is 0 Å². The molecule has 6 rings (SSSR count). The number of esters is 2. The molecule has 4 aromatic rings. The Kier molecular flexibility index (Phi) is 22.2. The van der Waals surface area contributed by atoms with E-state index in [0.29, 0.717) is 18.4 Å². The highest BCUT2D eigenvalue weighted by Gasteiger charge is 2.53. The van der Waals surface area contributed by atoms with Crippen molar-refractivity contribution in [3.63, 3.8) is 0 Å². The van der Waals surface area contributed by atoms with E-state index in [9.17, 15) is 14.7 Å². The molecule has 0 radical (unpaired) electrons. The third kappa shape index (κ3) is 17.4. The molecule has 0 amide bonds. The van der Waals surface area contributed by atoms with Crippen molar-refractivity contribution in [3.8, 4) is 0 Å². The number of hydrogen-bond donors (Lipinski definition) is 1. The molecule has 0 bridgehead atoms. The van der Waals surface area contributed by atoms with Crippen molar-refractivity contribution < 1.29 is 37.8 Å². The van der Waals surface area contributed by atoms with Gasteiger partial charge in [-0.25, -0.2) is 4.79 Å². The molecule has 0 spiro atoms. The summed E-state index contributed by atoms with van der Waals surface area (Å²) in [5, 5.41) is 15.2. The molecule has 2 aliphatic rings. The third-order valence-corrected chi connectivity index (χ3v) is 23.4. The Labute approximate surface area is 427 Å². The van der Waals surface area contributed by atoms with Crippen LogP contribution in [-0.2, 0) is 32.7 Å². The highest BCUT2D eigenvalue weighted by atomic mass is 79.9. The van der Waals surface area contributed by atoms with Gasteiger partial charge in [-0.3, -0.25) is 4.79 Å². The van der Waals surface area contributed by atoms with Gasteiger partial charge < -0.3 is 28.2 Å². The Morgan fingerprint density at radius 3 is 1.16 bits per heavy atom. The van der Waals surface area contributed by atoms with Gasteiger partial charge >= 0.3 is 11.9 Å². The quantitative estimate of drug-likeness (QED) is 0.0757. The monoisotopic (exact) mass is 1040 g/mol. The number of aliphatic hydroxyl groups excluding tert-OH is 1. The zero-order valence-electron chi connectivity index (χ0n) is 44.0. The maximum Gasteiger partial charge on any atom is 0.332 e.